The van der Waals surface area contributed by atoms with Gasteiger partial charge in [-0.15, -0.1) is 11.8 Å². The molecule has 0 bridgehead atoms. The molecular formula is C12H13BrClNOS. The molecule has 1 rings (SSSR count). The zero-order valence-electron chi connectivity index (χ0n) is 9.21. The number of hydrogen-bond acceptors (Lipinski definition) is 2. The fourth-order valence-electron chi connectivity index (χ4n) is 1.13. The van der Waals surface area contributed by atoms with Crippen molar-refractivity contribution in [3.8, 4) is 0 Å². The van der Waals surface area contributed by atoms with E-state index < -0.39 is 0 Å². The number of amides is 1. The van der Waals surface area contributed by atoms with Crippen LogP contribution in [0.3, 0.4) is 0 Å². The second-order valence-electron chi connectivity index (χ2n) is 3.42. The third-order valence-electron chi connectivity index (χ3n) is 1.87. The van der Waals surface area contributed by atoms with Crippen molar-refractivity contribution in [2.75, 3.05) is 12.3 Å². The SMILES string of the molecule is C=C(Br)CNC(=O)CSCc1cccc(Cl)c1. The van der Waals surface area contributed by atoms with Crippen LogP contribution in [-0.4, -0.2) is 18.2 Å². The molecule has 1 amide bonds. The van der Waals surface area contributed by atoms with Crippen LogP contribution in [-0.2, 0) is 10.5 Å². The Morgan fingerprint density at radius 2 is 2.29 bits per heavy atom. The van der Waals surface area contributed by atoms with E-state index in [9.17, 15) is 4.79 Å². The molecule has 1 aromatic carbocycles. The summed E-state index contributed by atoms with van der Waals surface area (Å²) in [5, 5.41) is 3.47. The number of benzene rings is 1. The van der Waals surface area contributed by atoms with Gasteiger partial charge in [-0.05, 0) is 17.7 Å². The van der Waals surface area contributed by atoms with Crippen molar-refractivity contribution in [2.45, 2.75) is 5.75 Å². The Labute approximate surface area is 119 Å². The first kappa shape index (κ1) is 14.6. The van der Waals surface area contributed by atoms with E-state index >= 15 is 0 Å². The Morgan fingerprint density at radius 1 is 1.53 bits per heavy atom. The fourth-order valence-corrected chi connectivity index (χ4v) is 2.29. The quantitative estimate of drug-likeness (QED) is 0.861. The lowest BCUT2D eigenvalue weighted by Crippen LogP contribution is -2.26. The smallest absolute Gasteiger partial charge is 0.230 e. The fraction of sp³-hybridized carbons (Fsp3) is 0.250. The first-order valence-electron chi connectivity index (χ1n) is 5.00. The predicted molar refractivity (Wildman–Crippen MR) is 78.7 cm³/mol. The van der Waals surface area contributed by atoms with Gasteiger partial charge in [0, 0.05) is 21.8 Å². The van der Waals surface area contributed by atoms with Gasteiger partial charge in [0.15, 0.2) is 0 Å². The van der Waals surface area contributed by atoms with Crippen LogP contribution in [0.5, 0.6) is 0 Å². The minimum absolute atomic E-state index is 0.0117. The van der Waals surface area contributed by atoms with Gasteiger partial charge in [0.1, 0.15) is 0 Å². The van der Waals surface area contributed by atoms with Crippen LogP contribution in [0, 0.1) is 0 Å². The summed E-state index contributed by atoms with van der Waals surface area (Å²) in [6.45, 7) is 4.11. The van der Waals surface area contributed by atoms with E-state index in [-0.39, 0.29) is 5.91 Å². The minimum atomic E-state index is 0.0117. The van der Waals surface area contributed by atoms with Crippen LogP contribution >= 0.6 is 39.3 Å². The van der Waals surface area contributed by atoms with Gasteiger partial charge in [-0.3, -0.25) is 4.79 Å². The van der Waals surface area contributed by atoms with Gasteiger partial charge < -0.3 is 5.32 Å². The van der Waals surface area contributed by atoms with Crippen molar-refractivity contribution in [1.82, 2.24) is 5.32 Å². The standard InChI is InChI=1S/C12H13BrClNOS/c1-9(13)6-15-12(16)8-17-7-10-3-2-4-11(14)5-10/h2-5H,1,6-8H2,(H,15,16). The number of halogens is 2. The first-order chi connectivity index (χ1) is 8.08. The average Bonchev–Trinajstić information content (AvgIpc) is 2.26. The molecule has 17 heavy (non-hydrogen) atoms. The summed E-state index contributed by atoms with van der Waals surface area (Å²) in [7, 11) is 0. The first-order valence-corrected chi connectivity index (χ1v) is 7.32. The van der Waals surface area contributed by atoms with Gasteiger partial charge in [0.25, 0.3) is 0 Å². The molecule has 0 saturated carbocycles. The molecule has 0 unspecified atom stereocenters. The largest absolute Gasteiger partial charge is 0.351 e. The van der Waals surface area contributed by atoms with E-state index in [2.05, 4.69) is 27.8 Å². The van der Waals surface area contributed by atoms with Crippen molar-refractivity contribution >= 4 is 45.2 Å². The summed E-state index contributed by atoms with van der Waals surface area (Å²) in [5.74, 6) is 1.23. The Morgan fingerprint density at radius 3 is 2.94 bits per heavy atom. The van der Waals surface area contributed by atoms with Crippen LogP contribution in [0.25, 0.3) is 0 Å². The van der Waals surface area contributed by atoms with Crippen molar-refractivity contribution in [2.24, 2.45) is 0 Å². The molecule has 92 valence electrons. The van der Waals surface area contributed by atoms with Crippen molar-refractivity contribution in [3.63, 3.8) is 0 Å². The molecule has 0 radical (unpaired) electrons. The molecule has 0 spiro atoms. The van der Waals surface area contributed by atoms with E-state index in [1.807, 2.05) is 24.3 Å². The summed E-state index contributed by atoms with van der Waals surface area (Å²) in [6, 6.07) is 7.65. The lowest BCUT2D eigenvalue weighted by molar-refractivity contribution is -0.118. The molecule has 0 saturated heterocycles. The van der Waals surface area contributed by atoms with Crippen LogP contribution in [0.4, 0.5) is 0 Å². The van der Waals surface area contributed by atoms with Gasteiger partial charge in [-0.1, -0.05) is 46.2 Å². The van der Waals surface area contributed by atoms with E-state index in [1.54, 1.807) is 11.8 Å². The maximum absolute atomic E-state index is 11.4. The number of carbonyl (C=O) groups is 1. The van der Waals surface area contributed by atoms with Crippen molar-refractivity contribution in [3.05, 3.63) is 45.9 Å². The normalized spacial score (nSPS) is 10.0. The highest BCUT2D eigenvalue weighted by atomic mass is 79.9. The minimum Gasteiger partial charge on any atom is -0.351 e. The molecule has 0 aliphatic carbocycles. The Kier molecular flexibility index (Phi) is 6.70. The maximum atomic E-state index is 11.4. The average molecular weight is 335 g/mol. The van der Waals surface area contributed by atoms with Gasteiger partial charge in [-0.2, -0.15) is 0 Å². The van der Waals surface area contributed by atoms with Gasteiger partial charge >= 0.3 is 0 Å². The van der Waals surface area contributed by atoms with E-state index in [4.69, 9.17) is 11.6 Å². The summed E-state index contributed by atoms with van der Waals surface area (Å²) in [5.41, 5.74) is 1.13. The molecule has 1 aromatic rings. The molecule has 1 N–H and O–H groups in total. The molecule has 0 aromatic heterocycles. The van der Waals surface area contributed by atoms with E-state index in [0.29, 0.717) is 12.3 Å². The topological polar surface area (TPSA) is 29.1 Å². The summed E-state index contributed by atoms with van der Waals surface area (Å²) >= 11 is 10.6. The van der Waals surface area contributed by atoms with E-state index in [0.717, 1.165) is 20.8 Å². The number of rotatable bonds is 6. The third kappa shape index (κ3) is 6.76. The van der Waals surface area contributed by atoms with Crippen LogP contribution < -0.4 is 5.32 Å². The number of hydrogen-bond donors (Lipinski definition) is 1. The molecule has 5 heteroatoms. The highest BCUT2D eigenvalue weighted by Gasteiger charge is 2.02. The predicted octanol–water partition coefficient (Wildman–Crippen LogP) is 3.60. The monoisotopic (exact) mass is 333 g/mol. The van der Waals surface area contributed by atoms with Crippen molar-refractivity contribution < 1.29 is 4.79 Å². The summed E-state index contributed by atoms with van der Waals surface area (Å²) in [4.78, 5) is 11.4. The Hall–Kier alpha value is -0.450. The molecule has 2 nitrogen and oxygen atoms in total. The zero-order chi connectivity index (χ0) is 12.7. The molecule has 0 atom stereocenters. The van der Waals surface area contributed by atoms with Crippen LogP contribution in [0.1, 0.15) is 5.56 Å². The van der Waals surface area contributed by atoms with E-state index in [1.165, 1.54) is 0 Å². The lowest BCUT2D eigenvalue weighted by atomic mass is 10.2. The van der Waals surface area contributed by atoms with Crippen LogP contribution in [0.15, 0.2) is 35.3 Å². The second-order valence-corrected chi connectivity index (χ2v) is 5.96. The number of nitrogens with one attached hydrogen (secondary N) is 1. The molecule has 0 heterocycles. The van der Waals surface area contributed by atoms with Crippen molar-refractivity contribution in [1.29, 1.82) is 0 Å². The van der Waals surface area contributed by atoms with Crippen LogP contribution in [0.2, 0.25) is 5.02 Å². The lowest BCUT2D eigenvalue weighted by Gasteiger charge is -2.04. The molecule has 0 fully saturated rings. The van der Waals surface area contributed by atoms with Gasteiger partial charge in [0.05, 0.1) is 5.75 Å². The maximum Gasteiger partial charge on any atom is 0.230 e. The summed E-state index contributed by atoms with van der Waals surface area (Å²) in [6.07, 6.45) is 0. The second kappa shape index (κ2) is 7.80. The Balaban J connectivity index is 2.23. The third-order valence-corrected chi connectivity index (χ3v) is 3.39. The Bertz CT molecular complexity index is 411. The van der Waals surface area contributed by atoms with Gasteiger partial charge in [0.2, 0.25) is 5.91 Å². The summed E-state index contributed by atoms with van der Waals surface area (Å²) < 4.78 is 0.769. The number of carbonyl (C=O) groups excluding carboxylic acids is 1. The van der Waals surface area contributed by atoms with Gasteiger partial charge in [-0.25, -0.2) is 0 Å². The molecule has 0 aliphatic rings. The number of thioether (sulfide) groups is 1. The zero-order valence-corrected chi connectivity index (χ0v) is 12.4. The molecular weight excluding hydrogens is 322 g/mol. The highest BCUT2D eigenvalue weighted by Crippen LogP contribution is 2.16. The highest BCUT2D eigenvalue weighted by molar-refractivity contribution is 9.11. The molecule has 0 aliphatic heterocycles.